The van der Waals surface area contributed by atoms with Crippen LogP contribution in [0.1, 0.15) is 20.3 Å². The largest absolute Gasteiger partial charge is 0.326 e. The van der Waals surface area contributed by atoms with E-state index in [1.54, 1.807) is 0 Å². The van der Waals surface area contributed by atoms with Gasteiger partial charge in [-0.2, -0.15) is 0 Å². The minimum Gasteiger partial charge on any atom is -0.326 e. The number of rotatable bonds is 3. The molecule has 0 aliphatic carbocycles. The van der Waals surface area contributed by atoms with E-state index in [-0.39, 0.29) is 5.91 Å². The molecule has 0 saturated carbocycles. The third kappa shape index (κ3) is 3.74. The number of hydrogen-bond donors (Lipinski definition) is 1. The summed E-state index contributed by atoms with van der Waals surface area (Å²) in [4.78, 5) is 11.3. The zero-order valence-electron chi connectivity index (χ0n) is 8.00. The van der Waals surface area contributed by atoms with Gasteiger partial charge in [-0.3, -0.25) is 4.79 Å². The SMILES string of the molecule is C[C](C)CC(=O)Nc1ccccc1. The fourth-order valence-electron chi connectivity index (χ4n) is 1.05. The van der Waals surface area contributed by atoms with Crippen LogP contribution in [0.15, 0.2) is 30.3 Å². The third-order valence-corrected chi connectivity index (χ3v) is 1.57. The molecule has 13 heavy (non-hydrogen) atoms. The molecule has 0 fully saturated rings. The summed E-state index contributed by atoms with van der Waals surface area (Å²) in [5.41, 5.74) is 0.855. The van der Waals surface area contributed by atoms with Gasteiger partial charge in [0, 0.05) is 12.1 Å². The molecule has 0 aromatic heterocycles. The summed E-state index contributed by atoms with van der Waals surface area (Å²) in [7, 11) is 0. The predicted molar refractivity (Wildman–Crippen MR) is 54.3 cm³/mol. The maximum atomic E-state index is 11.3. The highest BCUT2D eigenvalue weighted by molar-refractivity contribution is 5.91. The molecule has 0 bridgehead atoms. The molecular formula is C11H14NO. The van der Waals surface area contributed by atoms with Gasteiger partial charge in [-0.1, -0.05) is 32.0 Å². The van der Waals surface area contributed by atoms with Gasteiger partial charge < -0.3 is 5.32 Å². The first-order valence-electron chi connectivity index (χ1n) is 4.32. The van der Waals surface area contributed by atoms with E-state index < -0.39 is 0 Å². The Morgan fingerprint density at radius 3 is 2.38 bits per heavy atom. The number of hydrogen-bond acceptors (Lipinski definition) is 1. The zero-order valence-corrected chi connectivity index (χ0v) is 8.00. The maximum absolute atomic E-state index is 11.3. The first-order chi connectivity index (χ1) is 6.18. The minimum absolute atomic E-state index is 0.0474. The van der Waals surface area contributed by atoms with E-state index in [0.717, 1.165) is 11.6 Å². The Morgan fingerprint density at radius 1 is 1.23 bits per heavy atom. The Kier molecular flexibility index (Phi) is 3.50. The number of anilines is 1. The van der Waals surface area contributed by atoms with Gasteiger partial charge in [-0.05, 0) is 18.1 Å². The Morgan fingerprint density at radius 2 is 1.85 bits per heavy atom. The van der Waals surface area contributed by atoms with E-state index >= 15 is 0 Å². The Balaban J connectivity index is 2.46. The molecule has 1 amide bonds. The van der Waals surface area contributed by atoms with Crippen LogP contribution in [0.3, 0.4) is 0 Å². The smallest absolute Gasteiger partial charge is 0.224 e. The van der Waals surface area contributed by atoms with Gasteiger partial charge in [0.15, 0.2) is 0 Å². The molecule has 0 heterocycles. The van der Waals surface area contributed by atoms with Gasteiger partial charge in [0.25, 0.3) is 0 Å². The molecule has 2 nitrogen and oxygen atoms in total. The van der Waals surface area contributed by atoms with E-state index in [4.69, 9.17) is 0 Å². The van der Waals surface area contributed by atoms with Gasteiger partial charge in [-0.15, -0.1) is 0 Å². The molecule has 1 N–H and O–H groups in total. The summed E-state index contributed by atoms with van der Waals surface area (Å²) < 4.78 is 0. The van der Waals surface area contributed by atoms with Crippen molar-refractivity contribution < 1.29 is 4.79 Å². The quantitative estimate of drug-likeness (QED) is 0.753. The Hall–Kier alpha value is -1.31. The highest BCUT2D eigenvalue weighted by atomic mass is 16.1. The van der Waals surface area contributed by atoms with Gasteiger partial charge in [0.05, 0.1) is 0 Å². The maximum Gasteiger partial charge on any atom is 0.224 e. The molecule has 1 rings (SSSR count). The van der Waals surface area contributed by atoms with E-state index in [9.17, 15) is 4.79 Å². The number of para-hydroxylation sites is 1. The molecule has 0 atom stereocenters. The van der Waals surface area contributed by atoms with Crippen LogP contribution in [0.4, 0.5) is 5.69 Å². The molecule has 1 aromatic carbocycles. The fraction of sp³-hybridized carbons (Fsp3) is 0.273. The highest BCUT2D eigenvalue weighted by Gasteiger charge is 2.04. The normalized spacial score (nSPS) is 10.1. The predicted octanol–water partition coefficient (Wildman–Crippen LogP) is 2.63. The molecular weight excluding hydrogens is 162 g/mol. The van der Waals surface area contributed by atoms with Crippen LogP contribution in [-0.4, -0.2) is 5.91 Å². The fourth-order valence-corrected chi connectivity index (χ4v) is 1.05. The first kappa shape index (κ1) is 9.78. The second-order valence-corrected chi connectivity index (χ2v) is 3.30. The Labute approximate surface area is 79.0 Å². The van der Waals surface area contributed by atoms with Gasteiger partial charge >= 0.3 is 0 Å². The van der Waals surface area contributed by atoms with Crippen molar-refractivity contribution in [3.63, 3.8) is 0 Å². The van der Waals surface area contributed by atoms with Crippen molar-refractivity contribution in [1.29, 1.82) is 0 Å². The van der Waals surface area contributed by atoms with E-state index in [1.807, 2.05) is 44.2 Å². The lowest BCUT2D eigenvalue weighted by Crippen LogP contribution is -2.12. The molecule has 1 radical (unpaired) electrons. The lowest BCUT2D eigenvalue weighted by Gasteiger charge is -2.05. The average Bonchev–Trinajstić information content (AvgIpc) is 2.04. The van der Waals surface area contributed by atoms with Gasteiger partial charge in [0.1, 0.15) is 0 Å². The van der Waals surface area contributed by atoms with Crippen molar-refractivity contribution in [3.8, 4) is 0 Å². The summed E-state index contributed by atoms with van der Waals surface area (Å²) in [6, 6.07) is 9.48. The van der Waals surface area contributed by atoms with E-state index in [0.29, 0.717) is 6.42 Å². The summed E-state index contributed by atoms with van der Waals surface area (Å²) in [5.74, 6) is 1.17. The number of carbonyl (C=O) groups is 1. The monoisotopic (exact) mass is 176 g/mol. The van der Waals surface area contributed by atoms with Crippen LogP contribution in [0.2, 0.25) is 0 Å². The topological polar surface area (TPSA) is 29.1 Å². The van der Waals surface area contributed by atoms with Crippen molar-refractivity contribution in [3.05, 3.63) is 36.2 Å². The van der Waals surface area contributed by atoms with Crippen LogP contribution in [0, 0.1) is 5.92 Å². The van der Waals surface area contributed by atoms with Crippen LogP contribution in [-0.2, 0) is 4.79 Å². The summed E-state index contributed by atoms with van der Waals surface area (Å²) in [5, 5.41) is 2.81. The van der Waals surface area contributed by atoms with Crippen LogP contribution in [0.25, 0.3) is 0 Å². The molecule has 0 spiro atoms. The zero-order chi connectivity index (χ0) is 9.68. The van der Waals surface area contributed by atoms with Crippen molar-refractivity contribution >= 4 is 11.6 Å². The second-order valence-electron chi connectivity index (χ2n) is 3.30. The summed E-state index contributed by atoms with van der Waals surface area (Å²) in [6.45, 7) is 3.90. The lowest BCUT2D eigenvalue weighted by molar-refractivity contribution is -0.115. The summed E-state index contributed by atoms with van der Waals surface area (Å²) >= 11 is 0. The van der Waals surface area contributed by atoms with Crippen molar-refractivity contribution in [2.24, 2.45) is 0 Å². The van der Waals surface area contributed by atoms with E-state index in [2.05, 4.69) is 5.32 Å². The molecule has 0 saturated heterocycles. The van der Waals surface area contributed by atoms with Crippen LogP contribution in [0.5, 0.6) is 0 Å². The minimum atomic E-state index is 0.0474. The van der Waals surface area contributed by atoms with Crippen molar-refractivity contribution in [1.82, 2.24) is 0 Å². The molecule has 0 aliphatic heterocycles. The number of carbonyl (C=O) groups excluding carboxylic acids is 1. The molecule has 69 valence electrons. The number of amides is 1. The molecule has 1 aromatic rings. The van der Waals surface area contributed by atoms with Crippen molar-refractivity contribution in [2.75, 3.05) is 5.32 Å². The van der Waals surface area contributed by atoms with Crippen LogP contribution < -0.4 is 5.32 Å². The second kappa shape index (κ2) is 4.65. The molecule has 2 heteroatoms. The lowest BCUT2D eigenvalue weighted by atomic mass is 10.1. The Bertz CT molecular complexity index is 267. The summed E-state index contributed by atoms with van der Waals surface area (Å²) in [6.07, 6.45) is 0.495. The van der Waals surface area contributed by atoms with Gasteiger partial charge in [-0.25, -0.2) is 0 Å². The third-order valence-electron chi connectivity index (χ3n) is 1.57. The molecule has 0 unspecified atom stereocenters. The molecule has 0 aliphatic rings. The van der Waals surface area contributed by atoms with E-state index in [1.165, 1.54) is 0 Å². The number of benzene rings is 1. The van der Waals surface area contributed by atoms with Gasteiger partial charge in [0.2, 0.25) is 5.91 Å². The first-order valence-corrected chi connectivity index (χ1v) is 4.32. The standard InChI is InChI=1S/C11H14NO/c1-9(2)8-11(13)12-10-6-4-3-5-7-10/h3-7H,8H2,1-2H3,(H,12,13). The number of nitrogens with one attached hydrogen (secondary N) is 1. The van der Waals surface area contributed by atoms with Crippen LogP contribution >= 0.6 is 0 Å². The van der Waals surface area contributed by atoms with Crippen molar-refractivity contribution in [2.45, 2.75) is 20.3 Å². The average molecular weight is 176 g/mol. The highest BCUT2D eigenvalue weighted by Crippen LogP contribution is 2.08.